The lowest BCUT2D eigenvalue weighted by molar-refractivity contribution is 0.0581. The van der Waals surface area contributed by atoms with Crippen LogP contribution in [0.3, 0.4) is 0 Å². The normalized spacial score (nSPS) is 11.5. The fourth-order valence-electron chi connectivity index (χ4n) is 3.72. The molecule has 0 aliphatic carbocycles. The van der Waals surface area contributed by atoms with Crippen molar-refractivity contribution in [3.05, 3.63) is 72.3 Å². The van der Waals surface area contributed by atoms with Gasteiger partial charge in [0, 0.05) is 31.5 Å². The molecule has 4 rings (SSSR count). The van der Waals surface area contributed by atoms with Gasteiger partial charge in [-0.15, -0.1) is 5.10 Å². The Morgan fingerprint density at radius 2 is 1.91 bits per heavy atom. The number of methoxy groups -OCH3 is 1. The highest BCUT2D eigenvalue weighted by Crippen LogP contribution is 2.29. The third-order valence-electron chi connectivity index (χ3n) is 5.22. The molecule has 2 aromatic heterocycles. The Bertz CT molecular complexity index is 1240. The number of aromatic nitrogens is 5. The van der Waals surface area contributed by atoms with Gasteiger partial charge in [0.2, 0.25) is 11.9 Å². The number of hydrogen-bond acceptors (Lipinski definition) is 7. The molecule has 0 amide bonds. The van der Waals surface area contributed by atoms with Crippen LogP contribution in [-0.2, 0) is 13.1 Å². The number of aryl methyl sites for hydroxylation is 1. The largest absolute Gasteiger partial charge is 0.494 e. The van der Waals surface area contributed by atoms with E-state index in [9.17, 15) is 5.11 Å². The van der Waals surface area contributed by atoms with E-state index >= 15 is 0 Å². The van der Waals surface area contributed by atoms with Gasteiger partial charge in [-0.25, -0.2) is 9.67 Å². The van der Waals surface area contributed by atoms with Crippen molar-refractivity contribution < 1.29 is 9.84 Å². The number of rotatable bonds is 9. The molecule has 2 aromatic carbocycles. The van der Waals surface area contributed by atoms with Crippen LogP contribution < -0.4 is 15.0 Å². The maximum Gasteiger partial charge on any atom is 0.248 e. The van der Waals surface area contributed by atoms with E-state index < -0.39 is 5.60 Å². The van der Waals surface area contributed by atoms with Crippen molar-refractivity contribution in [2.45, 2.75) is 39.5 Å². The van der Waals surface area contributed by atoms with Crippen molar-refractivity contribution in [3.63, 3.8) is 0 Å². The summed E-state index contributed by atoms with van der Waals surface area (Å²) in [5.74, 6) is 1.79. The van der Waals surface area contributed by atoms with E-state index in [1.807, 2.05) is 66.0 Å². The molecule has 0 saturated carbocycles. The summed E-state index contributed by atoms with van der Waals surface area (Å²) in [7, 11) is 3.60. The zero-order chi connectivity index (χ0) is 24.3. The molecule has 4 aromatic rings. The van der Waals surface area contributed by atoms with Crippen LogP contribution in [0.1, 0.15) is 25.1 Å². The first-order valence-electron chi connectivity index (χ1n) is 11.1. The molecule has 0 aliphatic heterocycles. The molecule has 2 heterocycles. The van der Waals surface area contributed by atoms with Crippen molar-refractivity contribution in [1.82, 2.24) is 24.3 Å². The second kappa shape index (κ2) is 9.56. The van der Waals surface area contributed by atoms with E-state index in [0.29, 0.717) is 30.7 Å². The van der Waals surface area contributed by atoms with E-state index in [-0.39, 0.29) is 0 Å². The molecule has 9 heteroatoms. The second-order valence-corrected chi connectivity index (χ2v) is 8.98. The molecule has 0 fully saturated rings. The van der Waals surface area contributed by atoms with Gasteiger partial charge in [-0.1, -0.05) is 30.3 Å². The number of benzene rings is 2. The number of nitrogens with zero attached hydrogens (tertiary/aromatic N) is 6. The third kappa shape index (κ3) is 5.55. The van der Waals surface area contributed by atoms with Gasteiger partial charge in [-0.3, -0.25) is 0 Å². The fraction of sp³-hybridized carbons (Fsp3) is 0.320. The predicted molar refractivity (Wildman–Crippen MR) is 133 cm³/mol. The van der Waals surface area contributed by atoms with Gasteiger partial charge >= 0.3 is 0 Å². The van der Waals surface area contributed by atoms with Gasteiger partial charge < -0.3 is 24.6 Å². The Balaban J connectivity index is 1.61. The van der Waals surface area contributed by atoms with Crippen LogP contribution in [-0.4, -0.2) is 49.2 Å². The Morgan fingerprint density at radius 1 is 1.15 bits per heavy atom. The lowest BCUT2D eigenvalue weighted by atomic mass is 10.1. The number of anilines is 3. The molecule has 178 valence electrons. The molecule has 9 nitrogen and oxygen atoms in total. The molecular formula is C25H31N7O2. The Hall–Kier alpha value is -3.85. The van der Waals surface area contributed by atoms with Gasteiger partial charge in [-0.05, 0) is 38.5 Å². The smallest absolute Gasteiger partial charge is 0.248 e. The second-order valence-electron chi connectivity index (χ2n) is 8.98. The highest BCUT2D eigenvalue weighted by Gasteiger charge is 2.21. The zero-order valence-corrected chi connectivity index (χ0v) is 20.2. The van der Waals surface area contributed by atoms with Crippen molar-refractivity contribution in [2.24, 2.45) is 0 Å². The van der Waals surface area contributed by atoms with Crippen molar-refractivity contribution in [1.29, 1.82) is 0 Å². The minimum Gasteiger partial charge on any atom is -0.494 e. The molecule has 0 radical (unpaired) electrons. The number of hydrogen-bond donors (Lipinski definition) is 2. The van der Waals surface area contributed by atoms with Crippen LogP contribution in [0.15, 0.2) is 61.1 Å². The fourth-order valence-corrected chi connectivity index (χ4v) is 3.72. The van der Waals surface area contributed by atoms with Crippen molar-refractivity contribution >= 4 is 17.6 Å². The first-order valence-corrected chi connectivity index (χ1v) is 11.1. The summed E-state index contributed by atoms with van der Waals surface area (Å²) in [5.41, 5.74) is 2.82. The van der Waals surface area contributed by atoms with Crippen LogP contribution >= 0.6 is 0 Å². The molecule has 0 atom stereocenters. The molecule has 0 bridgehead atoms. The average Bonchev–Trinajstić information content (AvgIpc) is 3.39. The summed E-state index contributed by atoms with van der Waals surface area (Å²) < 4.78 is 9.26. The summed E-state index contributed by atoms with van der Waals surface area (Å²) in [5, 5.41) is 18.3. The number of imidazole rings is 1. The van der Waals surface area contributed by atoms with E-state index in [1.54, 1.807) is 32.0 Å². The summed E-state index contributed by atoms with van der Waals surface area (Å²) in [6.45, 7) is 6.42. The highest BCUT2D eigenvalue weighted by molar-refractivity contribution is 5.62. The van der Waals surface area contributed by atoms with E-state index in [1.165, 1.54) is 0 Å². The predicted octanol–water partition coefficient (Wildman–Crippen LogP) is 3.93. The van der Waals surface area contributed by atoms with Crippen LogP contribution in [0.4, 0.5) is 17.6 Å². The van der Waals surface area contributed by atoms with Gasteiger partial charge in [-0.2, -0.15) is 4.98 Å². The number of aliphatic hydroxyl groups is 1. The Morgan fingerprint density at radius 3 is 2.56 bits per heavy atom. The standard InChI is InChI=1S/C25H31N7O2/c1-18-14-31(17-26-18)21-12-11-20(13-22(21)34-5)27-23-28-24(32(29-23)16-25(2,3)33)30(4)15-19-9-7-6-8-10-19/h6-14,17,33H,15-16H2,1-5H3,(H,27,29). The van der Waals surface area contributed by atoms with Crippen LogP contribution in [0, 0.1) is 6.92 Å². The monoisotopic (exact) mass is 461 g/mol. The SMILES string of the molecule is COc1cc(Nc2nc(N(C)Cc3ccccc3)n(CC(C)(C)O)n2)ccc1-n1cnc(C)c1. The first kappa shape index (κ1) is 23.3. The summed E-state index contributed by atoms with van der Waals surface area (Å²) >= 11 is 0. The summed E-state index contributed by atoms with van der Waals surface area (Å²) in [6.07, 6.45) is 3.70. The van der Waals surface area contributed by atoms with Gasteiger partial charge in [0.25, 0.3) is 0 Å². The summed E-state index contributed by atoms with van der Waals surface area (Å²) in [6, 6.07) is 16.0. The topological polar surface area (TPSA) is 93.3 Å². The Kier molecular flexibility index (Phi) is 6.56. The molecule has 0 aliphatic rings. The van der Waals surface area contributed by atoms with Crippen LogP contribution in [0.5, 0.6) is 5.75 Å². The zero-order valence-electron chi connectivity index (χ0n) is 20.2. The molecule has 0 saturated heterocycles. The maximum atomic E-state index is 10.4. The average molecular weight is 462 g/mol. The van der Waals surface area contributed by atoms with Crippen molar-refractivity contribution in [3.8, 4) is 11.4 Å². The highest BCUT2D eigenvalue weighted by atomic mass is 16.5. The Labute approximate surface area is 199 Å². The van der Waals surface area contributed by atoms with Gasteiger partial charge in [0.1, 0.15) is 5.75 Å². The molecular weight excluding hydrogens is 430 g/mol. The lowest BCUT2D eigenvalue weighted by Gasteiger charge is -2.22. The van der Waals surface area contributed by atoms with Gasteiger partial charge in [0.05, 0.1) is 37.0 Å². The lowest BCUT2D eigenvalue weighted by Crippen LogP contribution is -2.30. The van der Waals surface area contributed by atoms with Crippen LogP contribution in [0.25, 0.3) is 5.69 Å². The molecule has 34 heavy (non-hydrogen) atoms. The first-order chi connectivity index (χ1) is 16.2. The molecule has 2 N–H and O–H groups in total. The number of nitrogens with one attached hydrogen (secondary N) is 1. The quantitative estimate of drug-likeness (QED) is 0.390. The molecule has 0 spiro atoms. The minimum atomic E-state index is -0.943. The van der Waals surface area contributed by atoms with Crippen LogP contribution in [0.2, 0.25) is 0 Å². The van der Waals surface area contributed by atoms with Crippen molar-refractivity contribution in [2.75, 3.05) is 24.4 Å². The number of ether oxygens (including phenoxy) is 1. The van der Waals surface area contributed by atoms with E-state index in [4.69, 9.17) is 9.72 Å². The minimum absolute atomic E-state index is 0.304. The maximum absolute atomic E-state index is 10.4. The third-order valence-corrected chi connectivity index (χ3v) is 5.22. The summed E-state index contributed by atoms with van der Waals surface area (Å²) in [4.78, 5) is 11.0. The van der Waals surface area contributed by atoms with Gasteiger partial charge in [0.15, 0.2) is 0 Å². The molecule has 0 unspecified atom stereocenters. The van der Waals surface area contributed by atoms with E-state index in [0.717, 1.165) is 22.6 Å². The van der Waals surface area contributed by atoms with E-state index in [2.05, 4.69) is 27.5 Å².